The van der Waals surface area contributed by atoms with Crippen molar-refractivity contribution in [2.75, 3.05) is 13.2 Å². The van der Waals surface area contributed by atoms with E-state index in [9.17, 15) is 9.59 Å². The van der Waals surface area contributed by atoms with Gasteiger partial charge in [0.2, 0.25) is 5.91 Å². The molecule has 0 radical (unpaired) electrons. The highest BCUT2D eigenvalue weighted by molar-refractivity contribution is 5.92. The summed E-state index contributed by atoms with van der Waals surface area (Å²) in [6, 6.07) is 6.49. The summed E-state index contributed by atoms with van der Waals surface area (Å²) >= 11 is 0. The van der Waals surface area contributed by atoms with E-state index >= 15 is 0 Å². The van der Waals surface area contributed by atoms with E-state index in [1.54, 1.807) is 35.1 Å². The maximum absolute atomic E-state index is 12.5. The van der Waals surface area contributed by atoms with Gasteiger partial charge in [-0.05, 0) is 37.1 Å². The third-order valence-electron chi connectivity index (χ3n) is 4.18. The molecule has 7 nitrogen and oxygen atoms in total. The Balaban J connectivity index is 1.60. The first kappa shape index (κ1) is 16.0. The molecule has 2 amide bonds. The zero-order chi connectivity index (χ0) is 17.1. The molecule has 7 heteroatoms. The van der Waals surface area contributed by atoms with E-state index in [2.05, 4.69) is 5.10 Å². The number of carbonyl (C=O) groups excluding carboxylic acids is 2. The number of rotatable bonds is 5. The normalized spacial score (nSPS) is 17.0. The Labute approximate surface area is 140 Å². The number of carbonyl (C=O) groups is 2. The number of nitrogens with zero attached hydrogens (tertiary/aromatic N) is 3. The largest absolute Gasteiger partial charge is 0.484 e. The van der Waals surface area contributed by atoms with E-state index in [0.29, 0.717) is 11.3 Å². The van der Waals surface area contributed by atoms with Gasteiger partial charge in [-0.25, -0.2) is 0 Å². The molecule has 0 saturated carbocycles. The van der Waals surface area contributed by atoms with Crippen molar-refractivity contribution in [3.05, 3.63) is 47.8 Å². The molecule has 1 aromatic carbocycles. The van der Waals surface area contributed by atoms with Crippen molar-refractivity contribution in [1.29, 1.82) is 0 Å². The van der Waals surface area contributed by atoms with Gasteiger partial charge >= 0.3 is 0 Å². The summed E-state index contributed by atoms with van der Waals surface area (Å²) in [5, 5.41) is 4.18. The predicted octanol–water partition coefficient (Wildman–Crippen LogP) is 1.26. The van der Waals surface area contributed by atoms with Gasteiger partial charge in [0.1, 0.15) is 5.75 Å². The Kier molecular flexibility index (Phi) is 4.50. The quantitative estimate of drug-likeness (QED) is 0.894. The lowest BCUT2D eigenvalue weighted by Gasteiger charge is -2.24. The minimum Gasteiger partial charge on any atom is -0.484 e. The Hall–Kier alpha value is -2.83. The van der Waals surface area contributed by atoms with E-state index in [1.807, 2.05) is 18.1 Å². The zero-order valence-electron chi connectivity index (χ0n) is 13.5. The molecule has 24 heavy (non-hydrogen) atoms. The highest BCUT2D eigenvalue weighted by Gasteiger charge is 2.30. The molecule has 2 aromatic rings. The fourth-order valence-corrected chi connectivity index (χ4v) is 2.97. The minimum atomic E-state index is -0.492. The van der Waals surface area contributed by atoms with Crippen molar-refractivity contribution >= 4 is 11.8 Å². The summed E-state index contributed by atoms with van der Waals surface area (Å²) < 4.78 is 7.28. The number of benzene rings is 1. The van der Waals surface area contributed by atoms with E-state index in [1.165, 1.54) is 0 Å². The number of hydrogen-bond donors (Lipinski definition) is 1. The number of primary amides is 1. The van der Waals surface area contributed by atoms with Gasteiger partial charge in [0.05, 0.1) is 12.2 Å². The lowest BCUT2D eigenvalue weighted by atomic mass is 10.1. The summed E-state index contributed by atoms with van der Waals surface area (Å²) in [5.41, 5.74) is 6.65. The van der Waals surface area contributed by atoms with Crippen LogP contribution in [0.1, 0.15) is 34.8 Å². The summed E-state index contributed by atoms with van der Waals surface area (Å²) in [7, 11) is 1.86. The topological polar surface area (TPSA) is 90.5 Å². The zero-order valence-corrected chi connectivity index (χ0v) is 13.5. The molecule has 0 unspecified atom stereocenters. The third kappa shape index (κ3) is 3.40. The second-order valence-electron chi connectivity index (χ2n) is 5.87. The van der Waals surface area contributed by atoms with Crippen molar-refractivity contribution < 1.29 is 14.3 Å². The fourth-order valence-electron chi connectivity index (χ4n) is 2.97. The summed E-state index contributed by atoms with van der Waals surface area (Å²) in [4.78, 5) is 25.4. The van der Waals surface area contributed by atoms with Crippen LogP contribution in [0.5, 0.6) is 5.75 Å². The minimum absolute atomic E-state index is 0.0350. The molecule has 1 atom stereocenters. The molecule has 2 N–H and O–H groups in total. The third-order valence-corrected chi connectivity index (χ3v) is 4.18. The molecule has 1 aliphatic rings. The first-order chi connectivity index (χ1) is 11.5. The molecule has 126 valence electrons. The van der Waals surface area contributed by atoms with Crippen LogP contribution in [0.25, 0.3) is 0 Å². The maximum Gasteiger partial charge on any atom is 0.261 e. The van der Waals surface area contributed by atoms with Crippen molar-refractivity contribution in [2.45, 2.75) is 18.9 Å². The van der Waals surface area contributed by atoms with Crippen molar-refractivity contribution in [3.63, 3.8) is 0 Å². The van der Waals surface area contributed by atoms with Gasteiger partial charge in [0.25, 0.3) is 5.91 Å². The number of aromatic nitrogens is 2. The molecule has 1 saturated heterocycles. The lowest BCUT2D eigenvalue weighted by molar-refractivity contribution is -0.134. The van der Waals surface area contributed by atoms with Crippen LogP contribution in [-0.2, 0) is 11.8 Å². The van der Waals surface area contributed by atoms with Crippen LogP contribution in [0.4, 0.5) is 0 Å². The van der Waals surface area contributed by atoms with Crippen LogP contribution in [0, 0.1) is 0 Å². The molecular formula is C17H20N4O3. The molecule has 1 fully saturated rings. The summed E-state index contributed by atoms with van der Waals surface area (Å²) in [5.74, 6) is -0.0141. The summed E-state index contributed by atoms with van der Waals surface area (Å²) in [6.45, 7) is 0.690. The van der Waals surface area contributed by atoms with Gasteiger partial charge in [0, 0.05) is 30.9 Å². The number of hydrogen-bond acceptors (Lipinski definition) is 4. The van der Waals surface area contributed by atoms with Crippen LogP contribution >= 0.6 is 0 Å². The van der Waals surface area contributed by atoms with Gasteiger partial charge in [-0.3, -0.25) is 14.3 Å². The Bertz CT molecular complexity index is 739. The molecule has 0 bridgehead atoms. The Morgan fingerprint density at radius 3 is 2.71 bits per heavy atom. The van der Waals surface area contributed by atoms with E-state index in [-0.39, 0.29) is 18.6 Å². The summed E-state index contributed by atoms with van der Waals surface area (Å²) in [6.07, 6.45) is 5.66. The van der Waals surface area contributed by atoms with Crippen LogP contribution in [0.15, 0.2) is 36.7 Å². The Morgan fingerprint density at radius 2 is 2.08 bits per heavy atom. The lowest BCUT2D eigenvalue weighted by Crippen LogP contribution is -2.34. The molecule has 1 aliphatic heterocycles. The van der Waals surface area contributed by atoms with Gasteiger partial charge in [0.15, 0.2) is 6.61 Å². The molecule has 2 heterocycles. The SMILES string of the molecule is Cn1cc([C@H]2CCCN2C(=O)COc2ccc(C(N)=O)cc2)cn1. The van der Waals surface area contributed by atoms with Crippen molar-refractivity contribution in [2.24, 2.45) is 12.8 Å². The highest BCUT2D eigenvalue weighted by atomic mass is 16.5. The molecular weight excluding hydrogens is 308 g/mol. The van der Waals surface area contributed by atoms with Gasteiger partial charge in [-0.2, -0.15) is 5.10 Å². The first-order valence-corrected chi connectivity index (χ1v) is 7.85. The van der Waals surface area contributed by atoms with Crippen molar-refractivity contribution in [3.8, 4) is 5.75 Å². The number of ether oxygens (including phenoxy) is 1. The van der Waals surface area contributed by atoms with Crippen LogP contribution < -0.4 is 10.5 Å². The van der Waals surface area contributed by atoms with Gasteiger partial charge in [-0.1, -0.05) is 0 Å². The number of nitrogens with two attached hydrogens (primary N) is 1. The second kappa shape index (κ2) is 6.74. The molecule has 1 aromatic heterocycles. The average molecular weight is 328 g/mol. The van der Waals surface area contributed by atoms with Crippen LogP contribution in [-0.4, -0.2) is 39.6 Å². The molecule has 3 rings (SSSR count). The standard InChI is InChI=1S/C17H20N4O3/c1-20-10-13(9-19-20)15-3-2-8-21(15)16(22)11-24-14-6-4-12(5-7-14)17(18)23/h4-7,9-10,15H,2-3,8,11H2,1H3,(H2,18,23)/t15-/m1/s1. The first-order valence-electron chi connectivity index (χ1n) is 7.85. The molecule has 0 spiro atoms. The van der Waals surface area contributed by atoms with Gasteiger partial charge in [-0.15, -0.1) is 0 Å². The number of likely N-dealkylation sites (tertiary alicyclic amines) is 1. The fraction of sp³-hybridized carbons (Fsp3) is 0.353. The van der Waals surface area contributed by atoms with E-state index < -0.39 is 5.91 Å². The highest BCUT2D eigenvalue weighted by Crippen LogP contribution is 2.31. The van der Waals surface area contributed by atoms with Crippen molar-refractivity contribution in [1.82, 2.24) is 14.7 Å². The maximum atomic E-state index is 12.5. The smallest absolute Gasteiger partial charge is 0.261 e. The van der Waals surface area contributed by atoms with E-state index in [0.717, 1.165) is 24.9 Å². The molecule has 0 aliphatic carbocycles. The number of amides is 2. The van der Waals surface area contributed by atoms with Gasteiger partial charge < -0.3 is 15.4 Å². The average Bonchev–Trinajstić information content (AvgIpc) is 3.21. The number of aryl methyl sites for hydroxylation is 1. The predicted molar refractivity (Wildman–Crippen MR) is 87.4 cm³/mol. The van der Waals surface area contributed by atoms with Crippen LogP contribution in [0.2, 0.25) is 0 Å². The Morgan fingerprint density at radius 1 is 1.33 bits per heavy atom. The van der Waals surface area contributed by atoms with E-state index in [4.69, 9.17) is 10.5 Å². The second-order valence-corrected chi connectivity index (χ2v) is 5.87. The van der Waals surface area contributed by atoms with Crippen LogP contribution in [0.3, 0.4) is 0 Å². The monoisotopic (exact) mass is 328 g/mol.